The van der Waals surface area contributed by atoms with E-state index >= 15 is 0 Å². The van der Waals surface area contributed by atoms with E-state index in [1.165, 1.54) is 0 Å². The molecule has 14 heavy (non-hydrogen) atoms. The summed E-state index contributed by atoms with van der Waals surface area (Å²) in [6.45, 7) is 7.56. The van der Waals surface area contributed by atoms with Gasteiger partial charge in [-0.3, -0.25) is 4.79 Å². The van der Waals surface area contributed by atoms with E-state index in [9.17, 15) is 4.79 Å². The zero-order chi connectivity index (χ0) is 10.4. The first-order valence-electron chi connectivity index (χ1n) is 5.32. The quantitative estimate of drug-likeness (QED) is 0.641. The van der Waals surface area contributed by atoms with Crippen molar-refractivity contribution >= 4 is 5.91 Å². The molecule has 1 heterocycles. The summed E-state index contributed by atoms with van der Waals surface area (Å²) in [5.41, 5.74) is -0.300. The van der Waals surface area contributed by atoms with Crippen LogP contribution in [-0.4, -0.2) is 38.8 Å². The molecule has 0 bridgehead atoms. The van der Waals surface area contributed by atoms with Gasteiger partial charge in [-0.25, -0.2) is 0 Å². The van der Waals surface area contributed by atoms with Crippen LogP contribution in [0.25, 0.3) is 0 Å². The summed E-state index contributed by atoms with van der Waals surface area (Å²) < 4.78 is 5.14. The molecule has 1 aliphatic rings. The highest BCUT2D eigenvalue weighted by Gasteiger charge is 2.45. The first kappa shape index (κ1) is 11.5. The summed E-state index contributed by atoms with van der Waals surface area (Å²) in [4.78, 5) is 11.8. The lowest BCUT2D eigenvalue weighted by Crippen LogP contribution is -2.59. The third kappa shape index (κ3) is 2.45. The maximum absolute atomic E-state index is 11.8. The van der Waals surface area contributed by atoms with Gasteiger partial charge in [0.05, 0.1) is 13.2 Å². The van der Waals surface area contributed by atoms with Gasteiger partial charge in [-0.15, -0.1) is 0 Å². The van der Waals surface area contributed by atoms with E-state index in [0.717, 1.165) is 26.1 Å². The Bertz CT molecular complexity index is 191. The fourth-order valence-corrected chi connectivity index (χ4v) is 1.45. The standard InChI is InChI=1S/C10H20N2O2/c1-3-5-12-9(13)10(6-11-4-2)7-14-8-10/h11H,3-8H2,1-2H3,(H,12,13). The molecule has 0 saturated carbocycles. The molecule has 4 heteroatoms. The van der Waals surface area contributed by atoms with Gasteiger partial charge in [-0.05, 0) is 13.0 Å². The Balaban J connectivity index is 2.38. The average Bonchev–Trinajstić information content (AvgIpc) is 2.13. The van der Waals surface area contributed by atoms with Crippen LogP contribution in [0.5, 0.6) is 0 Å². The van der Waals surface area contributed by atoms with Crippen LogP contribution in [0.2, 0.25) is 0 Å². The molecule has 1 saturated heterocycles. The van der Waals surface area contributed by atoms with Gasteiger partial charge in [0.15, 0.2) is 0 Å². The first-order valence-corrected chi connectivity index (χ1v) is 5.32. The lowest BCUT2D eigenvalue weighted by atomic mass is 9.84. The van der Waals surface area contributed by atoms with E-state index in [0.29, 0.717) is 13.2 Å². The largest absolute Gasteiger partial charge is 0.379 e. The SMILES string of the molecule is CCCNC(=O)C1(CNCC)COC1. The Labute approximate surface area is 85.4 Å². The molecule has 82 valence electrons. The molecule has 4 nitrogen and oxygen atoms in total. The van der Waals surface area contributed by atoms with Gasteiger partial charge in [0.25, 0.3) is 0 Å². The van der Waals surface area contributed by atoms with Crippen molar-refractivity contribution in [3.63, 3.8) is 0 Å². The highest BCUT2D eigenvalue weighted by Crippen LogP contribution is 2.26. The lowest BCUT2D eigenvalue weighted by Gasteiger charge is -2.39. The molecule has 0 unspecified atom stereocenters. The fourth-order valence-electron chi connectivity index (χ4n) is 1.45. The number of amides is 1. The first-order chi connectivity index (χ1) is 6.75. The monoisotopic (exact) mass is 200 g/mol. The van der Waals surface area contributed by atoms with Crippen molar-refractivity contribution in [3.8, 4) is 0 Å². The van der Waals surface area contributed by atoms with Crippen LogP contribution >= 0.6 is 0 Å². The van der Waals surface area contributed by atoms with E-state index < -0.39 is 0 Å². The molecule has 0 aromatic carbocycles. The highest BCUT2D eigenvalue weighted by atomic mass is 16.5. The van der Waals surface area contributed by atoms with E-state index in [1.807, 2.05) is 6.92 Å². The minimum absolute atomic E-state index is 0.131. The van der Waals surface area contributed by atoms with Crippen LogP contribution in [0.4, 0.5) is 0 Å². The van der Waals surface area contributed by atoms with Crippen LogP contribution in [0.3, 0.4) is 0 Å². The second kappa shape index (κ2) is 5.32. The van der Waals surface area contributed by atoms with Crippen molar-refractivity contribution in [3.05, 3.63) is 0 Å². The van der Waals surface area contributed by atoms with Crippen LogP contribution in [0, 0.1) is 5.41 Å². The van der Waals surface area contributed by atoms with Crippen molar-refractivity contribution < 1.29 is 9.53 Å². The van der Waals surface area contributed by atoms with Gasteiger partial charge < -0.3 is 15.4 Å². The number of hydrogen-bond acceptors (Lipinski definition) is 3. The van der Waals surface area contributed by atoms with Crippen molar-refractivity contribution in [2.75, 3.05) is 32.8 Å². The number of carbonyl (C=O) groups is 1. The van der Waals surface area contributed by atoms with E-state index in [4.69, 9.17) is 4.74 Å². The maximum Gasteiger partial charge on any atom is 0.232 e. The summed E-state index contributed by atoms with van der Waals surface area (Å²) in [6.07, 6.45) is 0.976. The molecule has 1 fully saturated rings. The molecule has 0 atom stereocenters. The van der Waals surface area contributed by atoms with Gasteiger partial charge in [-0.2, -0.15) is 0 Å². The number of hydrogen-bond donors (Lipinski definition) is 2. The van der Waals surface area contributed by atoms with Gasteiger partial charge in [0, 0.05) is 13.1 Å². The smallest absolute Gasteiger partial charge is 0.232 e. The summed E-state index contributed by atoms with van der Waals surface area (Å²) >= 11 is 0. The van der Waals surface area contributed by atoms with E-state index in [2.05, 4.69) is 17.6 Å². The molecule has 1 rings (SSSR count). The minimum atomic E-state index is -0.300. The van der Waals surface area contributed by atoms with Gasteiger partial charge in [-0.1, -0.05) is 13.8 Å². The van der Waals surface area contributed by atoms with Crippen molar-refractivity contribution in [1.82, 2.24) is 10.6 Å². The van der Waals surface area contributed by atoms with Crippen molar-refractivity contribution in [2.24, 2.45) is 5.41 Å². The molecular formula is C10H20N2O2. The number of carbonyl (C=O) groups excluding carboxylic acids is 1. The molecule has 0 aromatic heterocycles. The second-order valence-corrected chi connectivity index (χ2v) is 3.81. The van der Waals surface area contributed by atoms with Gasteiger partial charge >= 0.3 is 0 Å². The molecule has 1 aliphatic heterocycles. The molecule has 0 aromatic rings. The third-order valence-electron chi connectivity index (χ3n) is 2.49. The molecule has 1 amide bonds. The minimum Gasteiger partial charge on any atom is -0.379 e. The molecule has 0 spiro atoms. The van der Waals surface area contributed by atoms with Crippen LogP contribution < -0.4 is 10.6 Å². The van der Waals surface area contributed by atoms with Crippen LogP contribution in [0.15, 0.2) is 0 Å². The Hall–Kier alpha value is -0.610. The van der Waals surface area contributed by atoms with Crippen LogP contribution in [0.1, 0.15) is 20.3 Å². The topological polar surface area (TPSA) is 50.4 Å². The molecule has 0 radical (unpaired) electrons. The third-order valence-corrected chi connectivity index (χ3v) is 2.49. The van der Waals surface area contributed by atoms with Crippen molar-refractivity contribution in [1.29, 1.82) is 0 Å². The number of ether oxygens (including phenoxy) is 1. The molecular weight excluding hydrogens is 180 g/mol. The predicted molar refractivity (Wildman–Crippen MR) is 55.1 cm³/mol. The highest BCUT2D eigenvalue weighted by molar-refractivity contribution is 5.84. The number of nitrogens with one attached hydrogen (secondary N) is 2. The van der Waals surface area contributed by atoms with E-state index in [-0.39, 0.29) is 11.3 Å². The summed E-state index contributed by atoms with van der Waals surface area (Å²) in [5.74, 6) is 0.131. The second-order valence-electron chi connectivity index (χ2n) is 3.81. The van der Waals surface area contributed by atoms with Gasteiger partial charge in [0.1, 0.15) is 5.41 Å². The summed E-state index contributed by atoms with van der Waals surface area (Å²) in [7, 11) is 0. The zero-order valence-electron chi connectivity index (χ0n) is 9.06. The lowest BCUT2D eigenvalue weighted by molar-refractivity contribution is -0.160. The fraction of sp³-hybridized carbons (Fsp3) is 0.900. The molecule has 0 aliphatic carbocycles. The van der Waals surface area contributed by atoms with Crippen molar-refractivity contribution in [2.45, 2.75) is 20.3 Å². The Kier molecular flexibility index (Phi) is 4.35. The maximum atomic E-state index is 11.8. The Morgan fingerprint density at radius 2 is 2.14 bits per heavy atom. The molecule has 2 N–H and O–H groups in total. The normalized spacial score (nSPS) is 18.7. The number of rotatable bonds is 6. The Morgan fingerprint density at radius 1 is 1.43 bits per heavy atom. The van der Waals surface area contributed by atoms with Crippen LogP contribution in [-0.2, 0) is 9.53 Å². The predicted octanol–water partition coefficient (Wildman–Crippen LogP) is 0.139. The Morgan fingerprint density at radius 3 is 2.57 bits per heavy atom. The van der Waals surface area contributed by atoms with Gasteiger partial charge in [0.2, 0.25) is 5.91 Å². The average molecular weight is 200 g/mol. The summed E-state index contributed by atoms with van der Waals surface area (Å²) in [5, 5.41) is 6.13. The van der Waals surface area contributed by atoms with E-state index in [1.54, 1.807) is 0 Å². The summed E-state index contributed by atoms with van der Waals surface area (Å²) in [6, 6.07) is 0. The zero-order valence-corrected chi connectivity index (χ0v) is 9.06.